The SMILES string of the molecule is COC(=O)c1ccccc1NC(=O)CN[C@@H](C)c1ccc(F)cc1F. The summed E-state index contributed by atoms with van der Waals surface area (Å²) >= 11 is 0. The van der Waals surface area contributed by atoms with E-state index in [0.29, 0.717) is 5.69 Å². The standard InChI is InChI=1S/C18H18F2N2O3/c1-11(13-8-7-12(19)9-15(13)20)21-10-17(23)22-16-6-4-3-5-14(16)18(24)25-2/h3-9,11,21H,10H2,1-2H3,(H,22,23)/t11-/m0/s1. The number of para-hydroxylation sites is 1. The Morgan fingerprint density at radius 1 is 1.16 bits per heavy atom. The molecule has 7 heteroatoms. The minimum absolute atomic E-state index is 0.118. The monoisotopic (exact) mass is 348 g/mol. The third-order valence-electron chi connectivity index (χ3n) is 3.60. The van der Waals surface area contributed by atoms with Gasteiger partial charge in [-0.3, -0.25) is 4.79 Å². The van der Waals surface area contributed by atoms with Crippen LogP contribution in [0.15, 0.2) is 42.5 Å². The van der Waals surface area contributed by atoms with Crippen LogP contribution in [0.2, 0.25) is 0 Å². The summed E-state index contributed by atoms with van der Waals surface area (Å²) in [5.74, 6) is -2.32. The maximum atomic E-state index is 13.7. The Bertz CT molecular complexity index is 781. The molecule has 0 aromatic heterocycles. The van der Waals surface area contributed by atoms with Crippen LogP contribution in [-0.2, 0) is 9.53 Å². The van der Waals surface area contributed by atoms with Gasteiger partial charge in [0.05, 0.1) is 24.9 Å². The van der Waals surface area contributed by atoms with Gasteiger partial charge >= 0.3 is 5.97 Å². The molecule has 0 aliphatic rings. The molecular formula is C18H18F2N2O3. The number of carbonyl (C=O) groups excluding carboxylic acids is 2. The van der Waals surface area contributed by atoms with Crippen molar-refractivity contribution in [1.82, 2.24) is 5.32 Å². The number of amides is 1. The zero-order valence-corrected chi connectivity index (χ0v) is 13.8. The molecule has 0 bridgehead atoms. The van der Waals surface area contributed by atoms with Crippen molar-refractivity contribution < 1.29 is 23.1 Å². The van der Waals surface area contributed by atoms with Crippen molar-refractivity contribution in [2.24, 2.45) is 0 Å². The van der Waals surface area contributed by atoms with Gasteiger partial charge in [-0.15, -0.1) is 0 Å². The molecule has 1 amide bonds. The number of esters is 1. The van der Waals surface area contributed by atoms with Crippen LogP contribution < -0.4 is 10.6 Å². The molecule has 5 nitrogen and oxygen atoms in total. The predicted octanol–water partition coefficient (Wildman–Crippen LogP) is 3.04. The van der Waals surface area contributed by atoms with Gasteiger partial charge in [0.15, 0.2) is 0 Å². The van der Waals surface area contributed by atoms with Gasteiger partial charge in [0.2, 0.25) is 5.91 Å². The Morgan fingerprint density at radius 3 is 2.56 bits per heavy atom. The minimum atomic E-state index is -0.684. The number of carbonyl (C=O) groups is 2. The van der Waals surface area contributed by atoms with Crippen LogP contribution in [0.1, 0.15) is 28.9 Å². The van der Waals surface area contributed by atoms with E-state index in [9.17, 15) is 18.4 Å². The van der Waals surface area contributed by atoms with E-state index < -0.39 is 29.6 Å². The highest BCUT2D eigenvalue weighted by Gasteiger charge is 2.15. The van der Waals surface area contributed by atoms with Crippen LogP contribution >= 0.6 is 0 Å². The van der Waals surface area contributed by atoms with Crippen LogP contribution in [-0.4, -0.2) is 25.5 Å². The first kappa shape index (κ1) is 18.5. The lowest BCUT2D eigenvalue weighted by atomic mass is 10.1. The molecule has 2 N–H and O–H groups in total. The highest BCUT2D eigenvalue weighted by atomic mass is 19.1. The molecule has 0 heterocycles. The Kier molecular flexibility index (Phi) is 6.19. The Hall–Kier alpha value is -2.80. The Morgan fingerprint density at radius 2 is 1.88 bits per heavy atom. The second kappa shape index (κ2) is 8.34. The summed E-state index contributed by atoms with van der Waals surface area (Å²) in [6.07, 6.45) is 0. The van der Waals surface area contributed by atoms with Crippen LogP contribution in [0.25, 0.3) is 0 Å². The molecule has 2 aromatic rings. The van der Waals surface area contributed by atoms with Gasteiger partial charge < -0.3 is 15.4 Å². The number of benzene rings is 2. The van der Waals surface area contributed by atoms with Crippen LogP contribution in [0, 0.1) is 11.6 Å². The molecule has 0 spiro atoms. The van der Waals surface area contributed by atoms with Gasteiger partial charge in [-0.05, 0) is 25.1 Å². The van der Waals surface area contributed by atoms with E-state index in [0.717, 1.165) is 12.1 Å². The fourth-order valence-electron chi connectivity index (χ4n) is 2.28. The summed E-state index contributed by atoms with van der Waals surface area (Å²) in [5, 5.41) is 5.45. The molecule has 0 aliphatic heterocycles. The fraction of sp³-hybridized carbons (Fsp3) is 0.222. The number of nitrogens with one attached hydrogen (secondary N) is 2. The van der Waals surface area contributed by atoms with Crippen molar-refractivity contribution in [2.45, 2.75) is 13.0 Å². The second-order valence-electron chi connectivity index (χ2n) is 5.35. The molecular weight excluding hydrogens is 330 g/mol. The molecule has 0 fully saturated rings. The third kappa shape index (κ3) is 4.84. The normalized spacial score (nSPS) is 11.7. The van der Waals surface area contributed by atoms with Crippen molar-refractivity contribution in [2.75, 3.05) is 19.0 Å². The first-order valence-corrected chi connectivity index (χ1v) is 7.58. The lowest BCUT2D eigenvalue weighted by Crippen LogP contribution is -2.31. The van der Waals surface area contributed by atoms with E-state index in [1.807, 2.05) is 0 Å². The van der Waals surface area contributed by atoms with Gasteiger partial charge in [-0.1, -0.05) is 18.2 Å². The number of rotatable bonds is 6. The Labute approximate surface area is 144 Å². The fourth-order valence-corrected chi connectivity index (χ4v) is 2.28. The maximum Gasteiger partial charge on any atom is 0.339 e. The summed E-state index contributed by atoms with van der Waals surface area (Å²) < 4.78 is 31.3. The summed E-state index contributed by atoms with van der Waals surface area (Å²) in [6.45, 7) is 1.54. The van der Waals surface area contributed by atoms with Crippen molar-refractivity contribution in [1.29, 1.82) is 0 Å². The predicted molar refractivity (Wildman–Crippen MR) is 89.2 cm³/mol. The molecule has 1 atom stereocenters. The molecule has 0 unspecified atom stereocenters. The number of halogens is 2. The van der Waals surface area contributed by atoms with Gasteiger partial charge in [0.1, 0.15) is 11.6 Å². The van der Waals surface area contributed by atoms with E-state index in [1.165, 1.54) is 19.2 Å². The number of hydrogen-bond acceptors (Lipinski definition) is 4. The topological polar surface area (TPSA) is 67.4 Å². The van der Waals surface area contributed by atoms with Crippen LogP contribution in [0.3, 0.4) is 0 Å². The largest absolute Gasteiger partial charge is 0.465 e. The second-order valence-corrected chi connectivity index (χ2v) is 5.35. The quantitative estimate of drug-likeness (QED) is 0.788. The minimum Gasteiger partial charge on any atom is -0.465 e. The lowest BCUT2D eigenvalue weighted by Gasteiger charge is -2.15. The first-order valence-electron chi connectivity index (χ1n) is 7.58. The van der Waals surface area contributed by atoms with Gasteiger partial charge in [0.25, 0.3) is 0 Å². The number of anilines is 1. The molecule has 0 saturated heterocycles. The van der Waals surface area contributed by atoms with Crippen molar-refractivity contribution in [3.05, 3.63) is 65.2 Å². The summed E-state index contributed by atoms with van der Waals surface area (Å²) in [5.41, 5.74) is 0.807. The molecule has 2 aromatic carbocycles. The highest BCUT2D eigenvalue weighted by Crippen LogP contribution is 2.18. The number of hydrogen-bond donors (Lipinski definition) is 2. The average Bonchev–Trinajstić information content (AvgIpc) is 2.59. The van der Waals surface area contributed by atoms with E-state index >= 15 is 0 Å². The van der Waals surface area contributed by atoms with Gasteiger partial charge in [-0.25, -0.2) is 13.6 Å². The van der Waals surface area contributed by atoms with Crippen molar-refractivity contribution in [3.63, 3.8) is 0 Å². The van der Waals surface area contributed by atoms with Crippen molar-refractivity contribution in [3.8, 4) is 0 Å². The first-order chi connectivity index (χ1) is 11.9. The smallest absolute Gasteiger partial charge is 0.339 e. The zero-order valence-electron chi connectivity index (χ0n) is 13.8. The van der Waals surface area contributed by atoms with Crippen LogP contribution in [0.4, 0.5) is 14.5 Å². The van der Waals surface area contributed by atoms with Crippen LogP contribution in [0.5, 0.6) is 0 Å². The molecule has 25 heavy (non-hydrogen) atoms. The van der Waals surface area contributed by atoms with E-state index in [2.05, 4.69) is 15.4 Å². The molecule has 0 radical (unpaired) electrons. The van der Waals surface area contributed by atoms with E-state index in [1.54, 1.807) is 25.1 Å². The van der Waals surface area contributed by atoms with E-state index in [4.69, 9.17) is 0 Å². The lowest BCUT2D eigenvalue weighted by molar-refractivity contribution is -0.115. The molecule has 0 saturated carbocycles. The zero-order chi connectivity index (χ0) is 18.4. The summed E-state index contributed by atoms with van der Waals surface area (Å²) in [7, 11) is 1.25. The number of methoxy groups -OCH3 is 1. The summed E-state index contributed by atoms with van der Waals surface area (Å²) in [4.78, 5) is 23.7. The number of ether oxygens (including phenoxy) is 1. The van der Waals surface area contributed by atoms with Gasteiger partial charge in [-0.2, -0.15) is 0 Å². The maximum absolute atomic E-state index is 13.7. The molecule has 0 aliphatic carbocycles. The third-order valence-corrected chi connectivity index (χ3v) is 3.60. The van der Waals surface area contributed by atoms with Gasteiger partial charge in [0, 0.05) is 17.7 Å². The van der Waals surface area contributed by atoms with Crippen molar-refractivity contribution >= 4 is 17.6 Å². The highest BCUT2D eigenvalue weighted by molar-refractivity contribution is 6.01. The summed E-state index contributed by atoms with van der Waals surface area (Å²) in [6, 6.07) is 9.21. The molecule has 2 rings (SSSR count). The Balaban J connectivity index is 1.98. The molecule has 132 valence electrons. The van der Waals surface area contributed by atoms with E-state index in [-0.39, 0.29) is 17.7 Å². The average molecular weight is 348 g/mol.